The molecule has 0 saturated carbocycles. The van der Waals surface area contributed by atoms with Crippen molar-refractivity contribution in [2.75, 3.05) is 32.7 Å². The second-order valence-corrected chi connectivity index (χ2v) is 5.34. The Balaban J connectivity index is 1.90. The van der Waals surface area contributed by atoms with E-state index in [2.05, 4.69) is 16.2 Å². The molecule has 0 radical (unpaired) electrons. The van der Waals surface area contributed by atoms with Crippen molar-refractivity contribution in [3.8, 4) is 5.75 Å². The zero-order valence-corrected chi connectivity index (χ0v) is 12.7. The molecule has 0 aliphatic carbocycles. The number of hydrogen-bond donors (Lipinski definition) is 0. The van der Waals surface area contributed by atoms with Crippen LogP contribution >= 0.6 is 0 Å². The summed E-state index contributed by atoms with van der Waals surface area (Å²) in [5, 5.41) is 0. The minimum absolute atomic E-state index is 0.0660. The SMILES string of the molecule is C=CCN1CCN(C(=O)Cc2cccc(OC(F)(F)F)c2)CC1. The number of alkyl halides is 3. The molecule has 0 unspecified atom stereocenters. The topological polar surface area (TPSA) is 32.8 Å². The molecule has 1 aromatic carbocycles. The predicted molar refractivity (Wildman–Crippen MR) is 80.0 cm³/mol. The average molecular weight is 328 g/mol. The molecular formula is C16H19F3N2O2. The number of halogens is 3. The highest BCUT2D eigenvalue weighted by atomic mass is 19.4. The second kappa shape index (κ2) is 7.50. The highest BCUT2D eigenvalue weighted by molar-refractivity contribution is 5.79. The smallest absolute Gasteiger partial charge is 0.406 e. The van der Waals surface area contributed by atoms with E-state index < -0.39 is 6.36 Å². The van der Waals surface area contributed by atoms with Crippen LogP contribution in [0.1, 0.15) is 5.56 Å². The van der Waals surface area contributed by atoms with Crippen LogP contribution in [0.15, 0.2) is 36.9 Å². The molecule has 1 saturated heterocycles. The van der Waals surface area contributed by atoms with Crippen molar-refractivity contribution in [1.82, 2.24) is 9.80 Å². The quantitative estimate of drug-likeness (QED) is 0.779. The fraction of sp³-hybridized carbons (Fsp3) is 0.438. The molecule has 1 fully saturated rings. The van der Waals surface area contributed by atoms with Crippen LogP contribution in [0.3, 0.4) is 0 Å². The maximum absolute atomic E-state index is 12.3. The van der Waals surface area contributed by atoms with Gasteiger partial charge in [-0.25, -0.2) is 0 Å². The molecule has 1 amide bonds. The highest BCUT2D eigenvalue weighted by Crippen LogP contribution is 2.23. The summed E-state index contributed by atoms with van der Waals surface area (Å²) in [6, 6.07) is 5.54. The molecule has 23 heavy (non-hydrogen) atoms. The van der Waals surface area contributed by atoms with Gasteiger partial charge >= 0.3 is 6.36 Å². The molecule has 126 valence electrons. The lowest BCUT2D eigenvalue weighted by Crippen LogP contribution is -2.49. The highest BCUT2D eigenvalue weighted by Gasteiger charge is 2.31. The van der Waals surface area contributed by atoms with Crippen molar-refractivity contribution in [3.63, 3.8) is 0 Å². The monoisotopic (exact) mass is 328 g/mol. The normalized spacial score (nSPS) is 16.2. The van der Waals surface area contributed by atoms with E-state index in [0.717, 1.165) is 19.6 Å². The number of hydrogen-bond acceptors (Lipinski definition) is 3. The lowest BCUT2D eigenvalue weighted by Gasteiger charge is -2.34. The van der Waals surface area contributed by atoms with Gasteiger partial charge in [-0.3, -0.25) is 9.69 Å². The van der Waals surface area contributed by atoms with E-state index >= 15 is 0 Å². The Morgan fingerprint density at radius 3 is 2.57 bits per heavy atom. The fourth-order valence-corrected chi connectivity index (χ4v) is 2.50. The maximum atomic E-state index is 12.3. The first-order valence-corrected chi connectivity index (χ1v) is 7.33. The van der Waals surface area contributed by atoms with Crippen LogP contribution in [0.5, 0.6) is 5.75 Å². The van der Waals surface area contributed by atoms with Crippen LogP contribution in [-0.4, -0.2) is 54.8 Å². The molecule has 1 aliphatic heterocycles. The number of piperazine rings is 1. The summed E-state index contributed by atoms with van der Waals surface area (Å²) in [4.78, 5) is 16.2. The first-order chi connectivity index (χ1) is 10.9. The largest absolute Gasteiger partial charge is 0.573 e. The van der Waals surface area contributed by atoms with Crippen LogP contribution in [0.4, 0.5) is 13.2 Å². The first-order valence-electron chi connectivity index (χ1n) is 7.33. The van der Waals surface area contributed by atoms with Gasteiger partial charge in [0.2, 0.25) is 5.91 Å². The second-order valence-electron chi connectivity index (χ2n) is 5.34. The van der Waals surface area contributed by atoms with Crippen LogP contribution in [-0.2, 0) is 11.2 Å². The standard InChI is InChI=1S/C16H19F3N2O2/c1-2-6-20-7-9-21(10-8-20)15(22)12-13-4-3-5-14(11-13)23-16(17,18)19/h2-5,11H,1,6-10,12H2. The van der Waals surface area contributed by atoms with Gasteiger partial charge in [0.05, 0.1) is 6.42 Å². The Bertz CT molecular complexity index is 553. The molecule has 1 aliphatic rings. The number of carbonyl (C=O) groups excluding carboxylic acids is 1. The number of carbonyl (C=O) groups is 1. The number of ether oxygens (including phenoxy) is 1. The molecule has 0 bridgehead atoms. The third-order valence-electron chi connectivity index (χ3n) is 3.60. The zero-order chi connectivity index (χ0) is 16.9. The van der Waals surface area contributed by atoms with Gasteiger partial charge in [0.25, 0.3) is 0 Å². The van der Waals surface area contributed by atoms with Crippen LogP contribution in [0.2, 0.25) is 0 Å². The van der Waals surface area contributed by atoms with Gasteiger partial charge in [-0.15, -0.1) is 19.8 Å². The molecule has 7 heteroatoms. The van der Waals surface area contributed by atoms with Gasteiger partial charge in [-0.1, -0.05) is 18.2 Å². The van der Waals surface area contributed by atoms with Crippen LogP contribution in [0.25, 0.3) is 0 Å². The van der Waals surface area contributed by atoms with Gasteiger partial charge < -0.3 is 9.64 Å². The lowest BCUT2D eigenvalue weighted by atomic mass is 10.1. The Hall–Kier alpha value is -2.02. The third-order valence-corrected chi connectivity index (χ3v) is 3.60. The van der Waals surface area contributed by atoms with E-state index in [4.69, 9.17) is 0 Å². The Morgan fingerprint density at radius 1 is 1.26 bits per heavy atom. The van der Waals surface area contributed by atoms with Gasteiger partial charge in [0, 0.05) is 32.7 Å². The van der Waals surface area contributed by atoms with Crippen molar-refractivity contribution in [1.29, 1.82) is 0 Å². The number of nitrogens with zero attached hydrogens (tertiary/aromatic N) is 2. The number of rotatable bonds is 5. The fourth-order valence-electron chi connectivity index (χ4n) is 2.50. The zero-order valence-electron chi connectivity index (χ0n) is 12.7. The number of amides is 1. The van der Waals surface area contributed by atoms with E-state index in [-0.39, 0.29) is 18.1 Å². The van der Waals surface area contributed by atoms with Crippen LogP contribution in [0, 0.1) is 0 Å². The van der Waals surface area contributed by atoms with E-state index in [1.54, 1.807) is 11.0 Å². The molecule has 1 aromatic rings. The summed E-state index contributed by atoms with van der Waals surface area (Å²) in [6.45, 7) is 7.25. The summed E-state index contributed by atoms with van der Waals surface area (Å²) < 4.78 is 40.5. The Kier molecular flexibility index (Phi) is 5.65. The number of benzene rings is 1. The molecular weight excluding hydrogens is 309 g/mol. The minimum Gasteiger partial charge on any atom is -0.406 e. The van der Waals surface area contributed by atoms with Gasteiger partial charge in [-0.05, 0) is 17.7 Å². The van der Waals surface area contributed by atoms with Crippen molar-refractivity contribution < 1.29 is 22.7 Å². The van der Waals surface area contributed by atoms with Gasteiger partial charge in [0.15, 0.2) is 0 Å². The van der Waals surface area contributed by atoms with E-state index in [1.807, 2.05) is 6.08 Å². The molecule has 1 heterocycles. The third kappa shape index (κ3) is 5.59. The molecule has 0 spiro atoms. The van der Waals surface area contributed by atoms with Crippen molar-refractivity contribution in [2.45, 2.75) is 12.8 Å². The van der Waals surface area contributed by atoms with E-state index in [1.165, 1.54) is 18.2 Å². The van der Waals surface area contributed by atoms with Gasteiger partial charge in [0.1, 0.15) is 5.75 Å². The summed E-state index contributed by atoms with van der Waals surface area (Å²) in [5.74, 6) is -0.397. The molecule has 0 atom stereocenters. The van der Waals surface area contributed by atoms with E-state index in [0.29, 0.717) is 18.7 Å². The van der Waals surface area contributed by atoms with Crippen molar-refractivity contribution in [2.24, 2.45) is 0 Å². The summed E-state index contributed by atoms with van der Waals surface area (Å²) in [6.07, 6.45) is -2.84. The Labute approximate surface area is 133 Å². The predicted octanol–water partition coefficient (Wildman–Crippen LogP) is 2.46. The van der Waals surface area contributed by atoms with Crippen molar-refractivity contribution in [3.05, 3.63) is 42.5 Å². The minimum atomic E-state index is -4.73. The molecule has 2 rings (SSSR count). The summed E-state index contributed by atoms with van der Waals surface area (Å²) in [7, 11) is 0. The van der Waals surface area contributed by atoms with Crippen LogP contribution < -0.4 is 4.74 Å². The summed E-state index contributed by atoms with van der Waals surface area (Å²) >= 11 is 0. The van der Waals surface area contributed by atoms with Crippen molar-refractivity contribution >= 4 is 5.91 Å². The summed E-state index contributed by atoms with van der Waals surface area (Å²) in [5.41, 5.74) is 0.505. The molecule has 0 N–H and O–H groups in total. The Morgan fingerprint density at radius 2 is 1.96 bits per heavy atom. The average Bonchev–Trinajstić information content (AvgIpc) is 2.47. The first kappa shape index (κ1) is 17.3. The molecule has 0 aromatic heterocycles. The molecule has 4 nitrogen and oxygen atoms in total. The van der Waals surface area contributed by atoms with E-state index in [9.17, 15) is 18.0 Å². The maximum Gasteiger partial charge on any atom is 0.573 e. The van der Waals surface area contributed by atoms with Gasteiger partial charge in [-0.2, -0.15) is 0 Å². The lowest BCUT2D eigenvalue weighted by molar-refractivity contribution is -0.274.